The molecular formula is C21H26N4O. The van der Waals surface area contributed by atoms with E-state index in [1.54, 1.807) is 0 Å². The van der Waals surface area contributed by atoms with E-state index in [-0.39, 0.29) is 0 Å². The number of aromatic nitrogens is 3. The Morgan fingerprint density at radius 3 is 2.19 bits per heavy atom. The Bertz CT molecular complexity index is 1020. The zero-order valence-electron chi connectivity index (χ0n) is 16.6. The first-order valence-corrected chi connectivity index (χ1v) is 8.95. The van der Waals surface area contributed by atoms with Gasteiger partial charge in [0.15, 0.2) is 0 Å². The number of hydrogen-bond acceptors (Lipinski definition) is 4. The van der Waals surface area contributed by atoms with Crippen LogP contribution >= 0.6 is 0 Å². The molecule has 5 nitrogen and oxygen atoms in total. The van der Waals surface area contributed by atoms with E-state index in [0.29, 0.717) is 18.0 Å². The van der Waals surface area contributed by atoms with E-state index in [1.165, 1.54) is 16.7 Å². The van der Waals surface area contributed by atoms with Crippen molar-refractivity contribution in [3.63, 3.8) is 0 Å². The van der Waals surface area contributed by atoms with E-state index in [1.807, 2.05) is 13.8 Å². The molecule has 26 heavy (non-hydrogen) atoms. The molecule has 0 saturated heterocycles. The molecule has 0 fully saturated rings. The lowest BCUT2D eigenvalue weighted by molar-refractivity contribution is 0.318. The molecule has 0 radical (unpaired) electrons. The molecule has 1 N–H and O–H groups in total. The molecule has 0 amide bonds. The zero-order chi connectivity index (χ0) is 19.2. The summed E-state index contributed by atoms with van der Waals surface area (Å²) in [6.45, 7) is 14.4. The molecule has 0 unspecified atom stereocenters. The quantitative estimate of drug-likeness (QED) is 0.417. The van der Waals surface area contributed by atoms with Gasteiger partial charge in [-0.3, -0.25) is 4.57 Å². The maximum Gasteiger partial charge on any atom is 0.149 e. The number of aryl methyl sites for hydroxylation is 5. The number of rotatable bonds is 3. The fraction of sp³-hybridized carbons (Fsp3) is 0.381. The van der Waals surface area contributed by atoms with Crippen LogP contribution in [0, 0.1) is 41.5 Å². The molecule has 0 aliphatic heterocycles. The van der Waals surface area contributed by atoms with Crippen LogP contribution in [0.2, 0.25) is 0 Å². The van der Waals surface area contributed by atoms with E-state index >= 15 is 0 Å². The second-order valence-electron chi connectivity index (χ2n) is 7.01. The Hall–Kier alpha value is -2.69. The number of hydrogen-bond donors (Lipinski definition) is 1. The Kier molecular flexibility index (Phi) is 4.57. The van der Waals surface area contributed by atoms with Crippen LogP contribution in [0.3, 0.4) is 0 Å². The van der Waals surface area contributed by atoms with Crippen LogP contribution in [0.15, 0.2) is 17.3 Å². The van der Waals surface area contributed by atoms with Gasteiger partial charge in [-0.1, -0.05) is 29.8 Å². The van der Waals surface area contributed by atoms with Gasteiger partial charge in [-0.15, -0.1) is 0 Å². The van der Waals surface area contributed by atoms with Crippen molar-refractivity contribution in [2.24, 2.45) is 5.16 Å². The van der Waals surface area contributed by atoms with Crippen molar-refractivity contribution in [1.29, 1.82) is 0 Å². The van der Waals surface area contributed by atoms with Gasteiger partial charge in [0.2, 0.25) is 0 Å². The second kappa shape index (κ2) is 6.56. The SMILES string of the molecule is CCC(=NO)c1nc(C)nc2c1c(C)c(C)n2-c1c(C)cc(C)cc1C. The molecule has 3 rings (SSSR count). The van der Waals surface area contributed by atoms with Gasteiger partial charge in [-0.2, -0.15) is 0 Å². The molecule has 0 aliphatic rings. The summed E-state index contributed by atoms with van der Waals surface area (Å²) in [5.74, 6) is 0.670. The fourth-order valence-corrected chi connectivity index (χ4v) is 3.87. The van der Waals surface area contributed by atoms with Crippen LogP contribution in [0.1, 0.15) is 52.8 Å². The van der Waals surface area contributed by atoms with E-state index in [9.17, 15) is 5.21 Å². The Balaban J connectivity index is 2.49. The lowest BCUT2D eigenvalue weighted by Gasteiger charge is -2.16. The average molecular weight is 350 g/mol. The maximum atomic E-state index is 9.45. The summed E-state index contributed by atoms with van der Waals surface area (Å²) in [5.41, 5.74) is 9.26. The van der Waals surface area contributed by atoms with Crippen molar-refractivity contribution in [2.45, 2.75) is 54.9 Å². The van der Waals surface area contributed by atoms with Gasteiger partial charge in [0, 0.05) is 5.69 Å². The first kappa shape index (κ1) is 18.1. The molecule has 136 valence electrons. The minimum atomic E-state index is 0.582. The average Bonchev–Trinajstić information content (AvgIpc) is 2.80. The van der Waals surface area contributed by atoms with Gasteiger partial charge in [-0.25, -0.2) is 9.97 Å². The van der Waals surface area contributed by atoms with Crippen LogP contribution in [-0.2, 0) is 0 Å². The van der Waals surface area contributed by atoms with Crippen molar-refractivity contribution < 1.29 is 5.21 Å². The first-order chi connectivity index (χ1) is 12.3. The molecule has 2 heterocycles. The van der Waals surface area contributed by atoms with E-state index in [2.05, 4.69) is 61.5 Å². The molecule has 0 atom stereocenters. The van der Waals surface area contributed by atoms with Crippen LogP contribution in [-0.4, -0.2) is 25.5 Å². The van der Waals surface area contributed by atoms with Crippen LogP contribution in [0.25, 0.3) is 16.7 Å². The van der Waals surface area contributed by atoms with Gasteiger partial charge < -0.3 is 5.21 Å². The third kappa shape index (κ3) is 2.68. The van der Waals surface area contributed by atoms with Crippen LogP contribution in [0.5, 0.6) is 0 Å². The van der Waals surface area contributed by atoms with Crippen molar-refractivity contribution in [2.75, 3.05) is 0 Å². The highest BCUT2D eigenvalue weighted by Gasteiger charge is 2.22. The Morgan fingerprint density at radius 1 is 1.04 bits per heavy atom. The van der Waals surface area contributed by atoms with Gasteiger partial charge >= 0.3 is 0 Å². The van der Waals surface area contributed by atoms with Gasteiger partial charge in [0.1, 0.15) is 22.9 Å². The summed E-state index contributed by atoms with van der Waals surface area (Å²) in [7, 11) is 0. The largest absolute Gasteiger partial charge is 0.411 e. The number of benzene rings is 1. The Morgan fingerprint density at radius 2 is 1.65 bits per heavy atom. The van der Waals surface area contributed by atoms with Gasteiger partial charge in [0.05, 0.1) is 11.1 Å². The highest BCUT2D eigenvalue weighted by molar-refractivity contribution is 6.09. The highest BCUT2D eigenvalue weighted by Crippen LogP contribution is 2.33. The summed E-state index contributed by atoms with van der Waals surface area (Å²) in [4.78, 5) is 9.36. The summed E-state index contributed by atoms with van der Waals surface area (Å²) >= 11 is 0. The lowest BCUT2D eigenvalue weighted by atomic mass is 10.0. The monoisotopic (exact) mass is 350 g/mol. The maximum absolute atomic E-state index is 9.45. The van der Waals surface area contributed by atoms with Crippen molar-refractivity contribution in [3.05, 3.63) is 51.6 Å². The fourth-order valence-electron chi connectivity index (χ4n) is 3.87. The predicted octanol–water partition coefficient (Wildman–Crippen LogP) is 4.86. The summed E-state index contributed by atoms with van der Waals surface area (Å²) < 4.78 is 2.22. The molecule has 0 saturated carbocycles. The lowest BCUT2D eigenvalue weighted by Crippen LogP contribution is -2.08. The Labute approximate surface area is 154 Å². The summed E-state index contributed by atoms with van der Waals surface area (Å²) in [5, 5.41) is 13.9. The number of nitrogens with zero attached hydrogens (tertiary/aromatic N) is 4. The smallest absolute Gasteiger partial charge is 0.149 e. The molecule has 2 aromatic heterocycles. The third-order valence-corrected chi connectivity index (χ3v) is 5.05. The number of oxime groups is 1. The topological polar surface area (TPSA) is 63.3 Å². The molecule has 5 heteroatoms. The summed E-state index contributed by atoms with van der Waals surface area (Å²) in [6, 6.07) is 4.40. The molecule has 3 aromatic rings. The van der Waals surface area contributed by atoms with E-state index < -0.39 is 0 Å². The normalized spacial score (nSPS) is 12.2. The van der Waals surface area contributed by atoms with Crippen molar-refractivity contribution in [1.82, 2.24) is 14.5 Å². The van der Waals surface area contributed by atoms with Crippen LogP contribution < -0.4 is 0 Å². The third-order valence-electron chi connectivity index (χ3n) is 5.05. The van der Waals surface area contributed by atoms with Crippen molar-refractivity contribution >= 4 is 16.7 Å². The van der Waals surface area contributed by atoms with Crippen molar-refractivity contribution in [3.8, 4) is 5.69 Å². The molecule has 0 spiro atoms. The highest BCUT2D eigenvalue weighted by atomic mass is 16.4. The molecule has 0 bridgehead atoms. The minimum Gasteiger partial charge on any atom is -0.411 e. The number of fused-ring (bicyclic) bond motifs is 1. The summed E-state index contributed by atoms with van der Waals surface area (Å²) in [6.07, 6.45) is 0.605. The van der Waals surface area contributed by atoms with Gasteiger partial charge in [0.25, 0.3) is 0 Å². The van der Waals surface area contributed by atoms with Gasteiger partial charge in [-0.05, 0) is 64.7 Å². The minimum absolute atomic E-state index is 0.582. The molecule has 0 aliphatic carbocycles. The first-order valence-electron chi connectivity index (χ1n) is 8.95. The molecular weight excluding hydrogens is 324 g/mol. The van der Waals surface area contributed by atoms with Crippen LogP contribution in [0.4, 0.5) is 0 Å². The van der Waals surface area contributed by atoms with E-state index in [0.717, 1.165) is 33.7 Å². The second-order valence-corrected chi connectivity index (χ2v) is 7.01. The molecule has 1 aromatic carbocycles. The van der Waals surface area contributed by atoms with E-state index in [4.69, 9.17) is 4.98 Å². The standard InChI is InChI=1S/C21H26N4O/c1-8-17(24-26)19-18-14(5)15(6)25(21(18)23-16(7)22-19)20-12(3)9-11(2)10-13(20)4/h9-10,26H,8H2,1-7H3. The predicted molar refractivity (Wildman–Crippen MR) is 106 cm³/mol. The zero-order valence-corrected chi connectivity index (χ0v) is 16.6.